The Balaban J connectivity index is 0.00000300. The Morgan fingerprint density at radius 1 is 1.03 bits per heavy atom. The van der Waals surface area contributed by atoms with Crippen LogP contribution in [0.25, 0.3) is 0 Å². The van der Waals surface area contributed by atoms with E-state index in [9.17, 15) is 4.39 Å². The van der Waals surface area contributed by atoms with Crippen LogP contribution in [0.3, 0.4) is 0 Å². The van der Waals surface area contributed by atoms with E-state index in [0.717, 1.165) is 35.9 Å². The van der Waals surface area contributed by atoms with Gasteiger partial charge < -0.3 is 15.5 Å². The molecular weight excluding hydrogens is 498 g/mol. The lowest BCUT2D eigenvalue weighted by atomic mass is 10.1. The van der Waals surface area contributed by atoms with Crippen molar-refractivity contribution in [1.29, 1.82) is 0 Å². The molecule has 0 spiro atoms. The van der Waals surface area contributed by atoms with Crippen molar-refractivity contribution in [3.63, 3.8) is 0 Å². The van der Waals surface area contributed by atoms with Gasteiger partial charge in [-0.15, -0.1) is 24.0 Å². The summed E-state index contributed by atoms with van der Waals surface area (Å²) < 4.78 is 13.5. The minimum Gasteiger partial charge on any atom is -0.364 e. The van der Waals surface area contributed by atoms with Gasteiger partial charge in [0.15, 0.2) is 5.96 Å². The first kappa shape index (κ1) is 23.5. The van der Waals surface area contributed by atoms with Crippen molar-refractivity contribution in [3.8, 4) is 0 Å². The molecule has 1 aliphatic rings. The zero-order valence-electron chi connectivity index (χ0n) is 16.8. The van der Waals surface area contributed by atoms with Gasteiger partial charge >= 0.3 is 0 Å². The highest BCUT2D eigenvalue weighted by Crippen LogP contribution is 2.18. The second-order valence-electron chi connectivity index (χ2n) is 6.67. The maximum atomic E-state index is 13.5. The molecule has 0 aromatic heterocycles. The number of rotatable bonds is 7. The lowest BCUT2D eigenvalue weighted by molar-refractivity contribution is 0.625. The smallest absolute Gasteiger partial charge is 0.191 e. The Bertz CT molecular complexity index is 831. The van der Waals surface area contributed by atoms with Crippen molar-refractivity contribution in [3.05, 3.63) is 77.1 Å². The van der Waals surface area contributed by atoms with Gasteiger partial charge in [-0.2, -0.15) is 11.8 Å². The molecule has 29 heavy (non-hydrogen) atoms. The fourth-order valence-corrected chi connectivity index (χ4v) is 3.74. The van der Waals surface area contributed by atoms with Crippen LogP contribution in [0.1, 0.15) is 16.7 Å². The number of hydrogen-bond donors (Lipinski definition) is 2. The summed E-state index contributed by atoms with van der Waals surface area (Å²) in [6.07, 6.45) is 6.40. The van der Waals surface area contributed by atoms with Gasteiger partial charge in [0.25, 0.3) is 0 Å². The van der Waals surface area contributed by atoms with Crippen LogP contribution in [-0.2, 0) is 18.8 Å². The van der Waals surface area contributed by atoms with Gasteiger partial charge in [-0.1, -0.05) is 30.4 Å². The summed E-state index contributed by atoms with van der Waals surface area (Å²) in [5.74, 6) is 1.33. The number of guanidine groups is 1. The zero-order chi connectivity index (χ0) is 19.8. The summed E-state index contributed by atoms with van der Waals surface area (Å²) in [4.78, 5) is 6.62. The predicted octanol–water partition coefficient (Wildman–Crippen LogP) is 4.55. The molecule has 2 aromatic rings. The minimum absolute atomic E-state index is 0. The first-order valence-corrected chi connectivity index (χ1v) is 10.8. The number of halogens is 2. The Kier molecular flexibility index (Phi) is 9.80. The van der Waals surface area contributed by atoms with Crippen LogP contribution in [0.2, 0.25) is 0 Å². The average molecular weight is 526 g/mol. The van der Waals surface area contributed by atoms with Crippen molar-refractivity contribution in [2.75, 3.05) is 31.3 Å². The molecule has 0 bridgehead atoms. The third kappa shape index (κ3) is 6.92. The van der Waals surface area contributed by atoms with E-state index in [0.29, 0.717) is 13.1 Å². The third-order valence-electron chi connectivity index (χ3n) is 4.72. The van der Waals surface area contributed by atoms with Crippen molar-refractivity contribution in [1.82, 2.24) is 10.6 Å². The Hall–Kier alpha value is -1.74. The Morgan fingerprint density at radius 3 is 2.38 bits per heavy atom. The number of thioether (sulfide) groups is 1. The molecule has 2 N–H and O–H groups in total. The molecule has 0 saturated heterocycles. The summed E-state index contributed by atoms with van der Waals surface area (Å²) in [5, 5.41) is 6.66. The van der Waals surface area contributed by atoms with Gasteiger partial charge in [-0.25, -0.2) is 4.39 Å². The molecule has 1 aliphatic heterocycles. The van der Waals surface area contributed by atoms with Crippen LogP contribution in [-0.4, -0.2) is 32.4 Å². The van der Waals surface area contributed by atoms with E-state index in [1.165, 1.54) is 17.3 Å². The summed E-state index contributed by atoms with van der Waals surface area (Å²) in [7, 11) is 1.76. The van der Waals surface area contributed by atoms with Crippen LogP contribution in [0.4, 0.5) is 10.1 Å². The standard InChI is InChI=1S/C22H27FN4S.HI/c1-24-22(26-15-18-7-8-20(23)13-19(18)16-28-2)25-14-17-5-9-21(10-6-17)27-11-3-4-12-27;/h3-10,13H,11-12,14-16H2,1-2H3,(H2,24,25,26);1H. The molecule has 0 radical (unpaired) electrons. The quantitative estimate of drug-likeness (QED) is 0.241. The molecule has 0 saturated carbocycles. The minimum atomic E-state index is -0.191. The summed E-state index contributed by atoms with van der Waals surface area (Å²) in [6, 6.07) is 13.6. The molecule has 0 atom stereocenters. The molecule has 156 valence electrons. The number of hydrogen-bond acceptors (Lipinski definition) is 3. The normalized spacial score (nSPS) is 13.3. The highest BCUT2D eigenvalue weighted by atomic mass is 127. The predicted molar refractivity (Wildman–Crippen MR) is 134 cm³/mol. The maximum absolute atomic E-state index is 13.5. The molecule has 7 heteroatoms. The second kappa shape index (κ2) is 12.1. The molecule has 4 nitrogen and oxygen atoms in total. The average Bonchev–Trinajstić information content (AvgIpc) is 3.25. The first-order valence-electron chi connectivity index (χ1n) is 9.39. The van der Waals surface area contributed by atoms with Gasteiger partial charge in [-0.3, -0.25) is 4.99 Å². The Labute approximate surface area is 194 Å². The monoisotopic (exact) mass is 526 g/mol. The lowest BCUT2D eigenvalue weighted by Gasteiger charge is -2.18. The number of aliphatic imine (C=N–C) groups is 1. The van der Waals surface area contributed by atoms with Crippen LogP contribution < -0.4 is 15.5 Å². The van der Waals surface area contributed by atoms with E-state index in [2.05, 4.69) is 56.9 Å². The third-order valence-corrected chi connectivity index (χ3v) is 5.32. The van der Waals surface area contributed by atoms with Gasteiger partial charge in [0.1, 0.15) is 5.82 Å². The summed E-state index contributed by atoms with van der Waals surface area (Å²) in [6.45, 7) is 3.27. The van der Waals surface area contributed by atoms with E-state index in [1.807, 2.05) is 12.3 Å². The largest absolute Gasteiger partial charge is 0.364 e. The maximum Gasteiger partial charge on any atom is 0.191 e. The van der Waals surface area contributed by atoms with Crippen LogP contribution in [0.5, 0.6) is 0 Å². The van der Waals surface area contributed by atoms with Crippen molar-refractivity contribution in [2.24, 2.45) is 4.99 Å². The van der Waals surface area contributed by atoms with Crippen molar-refractivity contribution >= 4 is 47.4 Å². The topological polar surface area (TPSA) is 39.7 Å². The number of nitrogens with zero attached hydrogens (tertiary/aromatic N) is 2. The van der Waals surface area contributed by atoms with Crippen LogP contribution in [0, 0.1) is 5.82 Å². The van der Waals surface area contributed by atoms with Crippen molar-refractivity contribution in [2.45, 2.75) is 18.8 Å². The molecule has 0 aliphatic carbocycles. The highest BCUT2D eigenvalue weighted by Gasteiger charge is 2.08. The van der Waals surface area contributed by atoms with Gasteiger partial charge in [0.2, 0.25) is 0 Å². The molecule has 0 fully saturated rings. The zero-order valence-corrected chi connectivity index (χ0v) is 20.0. The van der Waals surface area contributed by atoms with Crippen LogP contribution in [0.15, 0.2) is 59.6 Å². The van der Waals surface area contributed by atoms with Crippen LogP contribution >= 0.6 is 35.7 Å². The summed E-state index contributed by atoms with van der Waals surface area (Å²) in [5.41, 5.74) is 4.54. The lowest BCUT2D eigenvalue weighted by Crippen LogP contribution is -2.36. The van der Waals surface area contributed by atoms with Gasteiger partial charge in [-0.05, 0) is 47.2 Å². The van der Waals surface area contributed by atoms with Gasteiger partial charge in [0, 0.05) is 44.7 Å². The number of benzene rings is 2. The SMILES string of the molecule is CN=C(NCc1ccc(N2CC=CC2)cc1)NCc1ccc(F)cc1CSC.I. The van der Waals surface area contributed by atoms with E-state index in [4.69, 9.17) is 0 Å². The highest BCUT2D eigenvalue weighted by molar-refractivity contribution is 14.0. The van der Waals surface area contributed by atoms with E-state index < -0.39 is 0 Å². The number of anilines is 1. The van der Waals surface area contributed by atoms with E-state index in [1.54, 1.807) is 24.9 Å². The first-order chi connectivity index (χ1) is 13.7. The Morgan fingerprint density at radius 2 is 1.72 bits per heavy atom. The molecule has 0 amide bonds. The molecule has 1 heterocycles. The van der Waals surface area contributed by atoms with E-state index >= 15 is 0 Å². The number of nitrogens with one attached hydrogen (secondary N) is 2. The fourth-order valence-electron chi connectivity index (χ4n) is 3.16. The van der Waals surface area contributed by atoms with Gasteiger partial charge in [0.05, 0.1) is 0 Å². The molecule has 0 unspecified atom stereocenters. The van der Waals surface area contributed by atoms with E-state index in [-0.39, 0.29) is 29.8 Å². The fraction of sp³-hybridized carbons (Fsp3) is 0.318. The molecule has 2 aromatic carbocycles. The molecular formula is C22H28FIN4S. The van der Waals surface area contributed by atoms with Crippen molar-refractivity contribution < 1.29 is 4.39 Å². The second-order valence-corrected chi connectivity index (χ2v) is 7.53. The molecule has 3 rings (SSSR count). The summed E-state index contributed by atoms with van der Waals surface area (Å²) >= 11 is 1.69.